The Kier molecular flexibility index (Phi) is 10.6. The summed E-state index contributed by atoms with van der Waals surface area (Å²) in [7, 11) is -4.09. The first-order valence-electron chi connectivity index (χ1n) is 12.3. The van der Waals surface area contributed by atoms with Crippen LogP contribution in [0.5, 0.6) is 0 Å². The van der Waals surface area contributed by atoms with E-state index in [1.54, 1.807) is 35.0 Å². The normalized spacial score (nSPS) is 18.6. The lowest BCUT2D eigenvalue weighted by Gasteiger charge is -2.49. The summed E-state index contributed by atoms with van der Waals surface area (Å²) in [5.41, 5.74) is 1.39. The van der Waals surface area contributed by atoms with Gasteiger partial charge in [0.25, 0.3) is 16.0 Å². The number of hydrogen-bond acceptors (Lipinski definition) is 8. The average molecular weight is 680 g/mol. The molecule has 2 atom stereocenters. The Bertz CT molecular complexity index is 1520. The molecule has 1 fully saturated rings. The highest BCUT2D eigenvalue weighted by Crippen LogP contribution is 2.41. The first kappa shape index (κ1) is 32.0. The number of rotatable bonds is 12. The molecule has 2 aromatic rings. The number of thioether (sulfide) groups is 3. The standard InChI is InChI=1S/C25H25Cl2N3O7S4/c1-2-16-10-17(5-6-29(16)7-8-41(35,36)37)38-11-14-12-40-24-21(23(32)30(24)22(14)25(33)34)28-20(31)13-39-19-9-15(26)3-4-18(19)27/h3-6,9-10,21,24H,2,7-8,11-13H2,1H3,(H2-,28,31,33,34,35,36,37)/p+1/t21-,24+/m0/s1. The van der Waals surface area contributed by atoms with Crippen LogP contribution in [0.4, 0.5) is 0 Å². The zero-order valence-corrected chi connectivity index (χ0v) is 26.4. The number of carboxylic acids is 1. The number of fused-ring (bicyclic) bond motifs is 1. The van der Waals surface area contributed by atoms with Crippen LogP contribution >= 0.6 is 58.5 Å². The Hall–Kier alpha value is -1.94. The lowest BCUT2D eigenvalue weighted by Crippen LogP contribution is -2.70. The molecule has 1 aromatic heterocycles. The van der Waals surface area contributed by atoms with Gasteiger partial charge < -0.3 is 10.4 Å². The second kappa shape index (κ2) is 13.6. The topological polar surface area (TPSA) is 145 Å². The van der Waals surface area contributed by atoms with Gasteiger partial charge >= 0.3 is 5.97 Å². The molecule has 220 valence electrons. The van der Waals surface area contributed by atoms with Gasteiger partial charge in [-0.1, -0.05) is 30.1 Å². The predicted molar refractivity (Wildman–Crippen MR) is 160 cm³/mol. The van der Waals surface area contributed by atoms with E-state index in [4.69, 9.17) is 27.8 Å². The van der Waals surface area contributed by atoms with Crippen LogP contribution in [0.15, 0.2) is 57.6 Å². The molecular formula is C25H26Cl2N3O7S4+. The van der Waals surface area contributed by atoms with Gasteiger partial charge in [0.1, 0.15) is 22.9 Å². The molecule has 0 unspecified atom stereocenters. The minimum absolute atomic E-state index is 0.0113. The fourth-order valence-electron chi connectivity index (χ4n) is 4.29. The SMILES string of the molecule is CCc1cc(SCC2=C(C(=O)O)N3C(=O)[C@H](NC(=O)CSc4cc(Cl)ccc4Cl)[C@H]3SC2)cc[n+]1CCS(=O)(=O)O. The van der Waals surface area contributed by atoms with E-state index in [0.717, 1.165) is 10.6 Å². The highest BCUT2D eigenvalue weighted by molar-refractivity contribution is 8.01. The van der Waals surface area contributed by atoms with Crippen LogP contribution in [0.3, 0.4) is 0 Å². The Balaban J connectivity index is 1.39. The van der Waals surface area contributed by atoms with Crippen LogP contribution < -0.4 is 9.88 Å². The summed E-state index contributed by atoms with van der Waals surface area (Å²) in [6.07, 6.45) is 2.36. The summed E-state index contributed by atoms with van der Waals surface area (Å²) in [5.74, 6) is -1.74. The Morgan fingerprint density at radius 2 is 1.98 bits per heavy atom. The molecule has 1 saturated heterocycles. The molecule has 3 N–H and O–H groups in total. The largest absolute Gasteiger partial charge is 0.477 e. The summed E-state index contributed by atoms with van der Waals surface area (Å²) < 4.78 is 33.0. The zero-order valence-electron chi connectivity index (χ0n) is 21.6. The van der Waals surface area contributed by atoms with Crippen molar-refractivity contribution in [1.29, 1.82) is 0 Å². The number of carboxylic acid groups (broad SMARTS) is 1. The average Bonchev–Trinajstić information content (AvgIpc) is 2.93. The van der Waals surface area contributed by atoms with E-state index in [2.05, 4.69) is 5.32 Å². The number of β-lactam (4-membered cyclic amide) rings is 1. The first-order valence-corrected chi connectivity index (χ1v) is 17.6. The number of benzene rings is 1. The molecule has 0 aliphatic carbocycles. The van der Waals surface area contributed by atoms with Crippen molar-refractivity contribution in [2.24, 2.45) is 0 Å². The molecule has 1 aromatic carbocycles. The van der Waals surface area contributed by atoms with Gasteiger partial charge in [0.2, 0.25) is 5.91 Å². The van der Waals surface area contributed by atoms with E-state index in [0.29, 0.717) is 38.4 Å². The lowest BCUT2D eigenvalue weighted by atomic mass is 10.0. The Morgan fingerprint density at radius 1 is 1.22 bits per heavy atom. The molecule has 0 spiro atoms. The minimum atomic E-state index is -4.09. The number of amides is 2. The Morgan fingerprint density at radius 3 is 2.66 bits per heavy atom. The summed E-state index contributed by atoms with van der Waals surface area (Å²) in [6, 6.07) is 7.79. The van der Waals surface area contributed by atoms with Crippen LogP contribution in [-0.2, 0) is 37.5 Å². The quantitative estimate of drug-likeness (QED) is 0.132. The van der Waals surface area contributed by atoms with Gasteiger partial charge in [-0.05, 0) is 23.8 Å². The number of pyridine rings is 1. The Labute approximate surface area is 260 Å². The third-order valence-corrected chi connectivity index (χ3v) is 11.1. The summed E-state index contributed by atoms with van der Waals surface area (Å²) >= 11 is 16.1. The van der Waals surface area contributed by atoms with Crippen molar-refractivity contribution in [2.45, 2.75) is 41.1 Å². The van der Waals surface area contributed by atoms with Crippen LogP contribution in [0.1, 0.15) is 12.6 Å². The number of aliphatic carboxylic acids is 1. The van der Waals surface area contributed by atoms with Gasteiger partial charge in [0.15, 0.2) is 18.4 Å². The maximum Gasteiger partial charge on any atom is 0.352 e. The van der Waals surface area contributed by atoms with E-state index in [1.165, 1.54) is 40.2 Å². The molecule has 3 heterocycles. The van der Waals surface area contributed by atoms with Crippen molar-refractivity contribution in [3.8, 4) is 0 Å². The van der Waals surface area contributed by atoms with Gasteiger partial charge in [0, 0.05) is 44.9 Å². The number of carbonyl (C=O) groups excluding carboxylic acids is 2. The van der Waals surface area contributed by atoms with Crippen LogP contribution in [-0.4, -0.2) is 75.2 Å². The molecule has 0 bridgehead atoms. The smallest absolute Gasteiger partial charge is 0.352 e. The van der Waals surface area contributed by atoms with Gasteiger partial charge in [-0.2, -0.15) is 8.42 Å². The van der Waals surface area contributed by atoms with Gasteiger partial charge in [-0.25, -0.2) is 9.36 Å². The molecular weight excluding hydrogens is 653 g/mol. The van der Waals surface area contributed by atoms with Crippen molar-refractivity contribution in [2.75, 3.05) is 23.0 Å². The van der Waals surface area contributed by atoms with Crippen molar-refractivity contribution in [1.82, 2.24) is 10.2 Å². The van der Waals surface area contributed by atoms with Crippen LogP contribution in [0, 0.1) is 0 Å². The molecule has 4 rings (SSSR count). The number of halogens is 2. The molecule has 16 heteroatoms. The summed E-state index contributed by atoms with van der Waals surface area (Å²) in [6.45, 7) is 2.04. The number of nitrogens with one attached hydrogen (secondary N) is 1. The third kappa shape index (κ3) is 7.92. The number of aryl methyl sites for hydroxylation is 2. The van der Waals surface area contributed by atoms with Crippen molar-refractivity contribution >= 4 is 86.4 Å². The predicted octanol–water partition coefficient (Wildman–Crippen LogP) is 3.35. The van der Waals surface area contributed by atoms with Gasteiger partial charge in [0.05, 0.1) is 10.8 Å². The van der Waals surface area contributed by atoms with Crippen LogP contribution in [0.2, 0.25) is 10.0 Å². The minimum Gasteiger partial charge on any atom is -0.477 e. The number of carbonyl (C=O) groups is 3. The van der Waals surface area contributed by atoms with Gasteiger partial charge in [-0.15, -0.1) is 35.3 Å². The van der Waals surface area contributed by atoms with Crippen molar-refractivity contribution in [3.63, 3.8) is 0 Å². The van der Waals surface area contributed by atoms with Crippen molar-refractivity contribution < 1.29 is 37.0 Å². The van der Waals surface area contributed by atoms with Gasteiger partial charge in [-0.3, -0.25) is 19.0 Å². The van der Waals surface area contributed by atoms with E-state index in [9.17, 15) is 27.9 Å². The molecule has 41 heavy (non-hydrogen) atoms. The second-order valence-electron chi connectivity index (χ2n) is 9.05. The maximum absolute atomic E-state index is 13.0. The fraction of sp³-hybridized carbons (Fsp3) is 0.360. The lowest BCUT2D eigenvalue weighted by molar-refractivity contribution is -0.700. The molecule has 2 aliphatic rings. The van der Waals surface area contributed by atoms with E-state index in [1.807, 2.05) is 13.0 Å². The van der Waals surface area contributed by atoms with E-state index < -0.39 is 39.2 Å². The first-order chi connectivity index (χ1) is 19.4. The van der Waals surface area contributed by atoms with E-state index in [-0.39, 0.29) is 23.9 Å². The maximum atomic E-state index is 13.0. The number of nitrogens with zero attached hydrogens (tertiary/aromatic N) is 2. The summed E-state index contributed by atoms with van der Waals surface area (Å²) in [5, 5.41) is 13.1. The molecule has 0 radical (unpaired) electrons. The highest BCUT2D eigenvalue weighted by atomic mass is 35.5. The van der Waals surface area contributed by atoms with Crippen molar-refractivity contribution in [3.05, 3.63) is 63.5 Å². The fourth-order valence-corrected chi connectivity index (χ4v) is 8.46. The molecule has 2 amide bonds. The zero-order chi connectivity index (χ0) is 29.9. The van der Waals surface area contributed by atoms with E-state index >= 15 is 0 Å². The monoisotopic (exact) mass is 678 g/mol. The number of aromatic nitrogens is 1. The molecule has 10 nitrogen and oxygen atoms in total. The summed E-state index contributed by atoms with van der Waals surface area (Å²) in [4.78, 5) is 40.5. The molecule has 0 saturated carbocycles. The van der Waals surface area contributed by atoms with Crippen LogP contribution in [0.25, 0.3) is 0 Å². The second-order valence-corrected chi connectivity index (χ2v) is 14.6. The highest BCUT2D eigenvalue weighted by Gasteiger charge is 2.54. The molecule has 2 aliphatic heterocycles. The third-order valence-electron chi connectivity index (χ3n) is 6.28. The number of hydrogen-bond donors (Lipinski definition) is 3.